The molecule has 1 unspecified atom stereocenters. The highest BCUT2D eigenvalue weighted by atomic mass is 19.1. The summed E-state index contributed by atoms with van der Waals surface area (Å²) < 4.78 is 25.2. The number of carboxylic acid groups (broad SMARTS) is 1. The average Bonchev–Trinajstić information content (AvgIpc) is 2.54. The number of rotatable bonds is 3. The number of carboxylic acids is 1. The molecule has 0 radical (unpaired) electrons. The fourth-order valence-corrected chi connectivity index (χ4v) is 3.60. The van der Waals surface area contributed by atoms with E-state index in [-0.39, 0.29) is 0 Å². The van der Waals surface area contributed by atoms with Crippen molar-refractivity contribution in [2.45, 2.75) is 50.6 Å². The Balaban J connectivity index is 2.16. The van der Waals surface area contributed by atoms with Gasteiger partial charge in [0.1, 0.15) is 19.4 Å². The van der Waals surface area contributed by atoms with E-state index >= 15 is 0 Å². The monoisotopic (exact) mass is 308 g/mol. The van der Waals surface area contributed by atoms with Crippen molar-refractivity contribution in [3.05, 3.63) is 23.3 Å². The summed E-state index contributed by atoms with van der Waals surface area (Å²) in [5, 5.41) is 9.86. The molecule has 5 heteroatoms. The molecule has 0 spiro atoms. The van der Waals surface area contributed by atoms with E-state index in [1.807, 2.05) is 0 Å². The SMILES string of the molecule is CC(F)c1cc2c(cc1C1(C(=O)O)CCCCC1)OCCO2. The predicted octanol–water partition coefficient (Wildman–Crippen LogP) is 3.77. The van der Waals surface area contributed by atoms with Crippen LogP contribution in [0.2, 0.25) is 0 Å². The highest BCUT2D eigenvalue weighted by Gasteiger charge is 2.44. The molecular weight excluding hydrogens is 287 g/mol. The fourth-order valence-electron chi connectivity index (χ4n) is 3.60. The number of alkyl halides is 1. The lowest BCUT2D eigenvalue weighted by atomic mass is 9.67. The van der Waals surface area contributed by atoms with Crippen LogP contribution in [0.1, 0.15) is 56.3 Å². The number of carbonyl (C=O) groups is 1. The van der Waals surface area contributed by atoms with Gasteiger partial charge in [0.25, 0.3) is 0 Å². The summed E-state index contributed by atoms with van der Waals surface area (Å²) in [4.78, 5) is 12.0. The Bertz CT molecular complexity index is 576. The number of fused-ring (bicyclic) bond motifs is 1. The summed E-state index contributed by atoms with van der Waals surface area (Å²) in [5.74, 6) is 0.161. The van der Waals surface area contributed by atoms with Crippen molar-refractivity contribution in [1.29, 1.82) is 0 Å². The Morgan fingerprint density at radius 2 is 1.77 bits per heavy atom. The van der Waals surface area contributed by atoms with Crippen LogP contribution in [0.15, 0.2) is 12.1 Å². The lowest BCUT2D eigenvalue weighted by Gasteiger charge is -2.36. The summed E-state index contributed by atoms with van der Waals surface area (Å²) in [6.07, 6.45) is 2.56. The lowest BCUT2D eigenvalue weighted by molar-refractivity contribution is -0.145. The second-order valence-corrected chi connectivity index (χ2v) is 6.15. The minimum absolute atomic E-state index is 0.411. The van der Waals surface area contributed by atoms with E-state index in [0.717, 1.165) is 19.3 Å². The van der Waals surface area contributed by atoms with Gasteiger partial charge in [-0.15, -0.1) is 0 Å². The predicted molar refractivity (Wildman–Crippen MR) is 79.4 cm³/mol. The molecule has 1 heterocycles. The summed E-state index contributed by atoms with van der Waals surface area (Å²) >= 11 is 0. The van der Waals surface area contributed by atoms with Crippen molar-refractivity contribution < 1.29 is 23.8 Å². The third kappa shape index (κ3) is 2.42. The van der Waals surface area contributed by atoms with Crippen molar-refractivity contribution in [1.82, 2.24) is 0 Å². The van der Waals surface area contributed by atoms with Crippen LogP contribution in [-0.4, -0.2) is 24.3 Å². The molecule has 0 amide bonds. The molecule has 1 aliphatic carbocycles. The minimum Gasteiger partial charge on any atom is -0.486 e. The first kappa shape index (κ1) is 15.1. The molecule has 2 aliphatic rings. The number of benzene rings is 1. The molecule has 1 saturated carbocycles. The van der Waals surface area contributed by atoms with E-state index in [0.29, 0.717) is 48.7 Å². The van der Waals surface area contributed by atoms with E-state index in [9.17, 15) is 14.3 Å². The van der Waals surface area contributed by atoms with Gasteiger partial charge < -0.3 is 14.6 Å². The molecule has 22 heavy (non-hydrogen) atoms. The van der Waals surface area contributed by atoms with Gasteiger partial charge in [0.2, 0.25) is 0 Å². The van der Waals surface area contributed by atoms with Gasteiger partial charge >= 0.3 is 5.97 Å². The molecule has 1 fully saturated rings. The molecule has 3 rings (SSSR count). The molecule has 0 bridgehead atoms. The minimum atomic E-state index is -1.25. The fraction of sp³-hybridized carbons (Fsp3) is 0.588. The molecule has 1 N–H and O–H groups in total. The first-order chi connectivity index (χ1) is 10.5. The van der Waals surface area contributed by atoms with Crippen molar-refractivity contribution >= 4 is 5.97 Å². The first-order valence-corrected chi connectivity index (χ1v) is 7.86. The molecule has 0 aromatic heterocycles. The third-order valence-electron chi connectivity index (χ3n) is 4.77. The second kappa shape index (κ2) is 5.78. The van der Waals surface area contributed by atoms with E-state index < -0.39 is 17.6 Å². The van der Waals surface area contributed by atoms with Crippen LogP contribution in [0.5, 0.6) is 11.5 Å². The highest BCUT2D eigenvalue weighted by Crippen LogP contribution is 2.47. The van der Waals surface area contributed by atoms with Crippen molar-refractivity contribution in [2.75, 3.05) is 13.2 Å². The van der Waals surface area contributed by atoms with Crippen molar-refractivity contribution in [2.24, 2.45) is 0 Å². The number of aliphatic carboxylic acids is 1. The smallest absolute Gasteiger partial charge is 0.314 e. The third-order valence-corrected chi connectivity index (χ3v) is 4.77. The molecular formula is C17H21FO4. The van der Waals surface area contributed by atoms with Crippen LogP contribution in [0, 0.1) is 0 Å². The standard InChI is InChI=1S/C17H21FO4/c1-11(18)12-9-14-15(22-8-7-21-14)10-13(12)17(16(19)20)5-3-2-4-6-17/h9-11H,2-8H2,1H3,(H,19,20). The zero-order valence-electron chi connectivity index (χ0n) is 12.7. The average molecular weight is 308 g/mol. The maximum Gasteiger partial charge on any atom is 0.314 e. The Morgan fingerprint density at radius 1 is 1.18 bits per heavy atom. The molecule has 4 nitrogen and oxygen atoms in total. The lowest BCUT2D eigenvalue weighted by Crippen LogP contribution is -2.39. The van der Waals surface area contributed by atoms with Crippen LogP contribution in [-0.2, 0) is 10.2 Å². The van der Waals surface area contributed by atoms with Crippen LogP contribution < -0.4 is 9.47 Å². The molecule has 0 saturated heterocycles. The van der Waals surface area contributed by atoms with Crippen LogP contribution in [0.3, 0.4) is 0 Å². The van der Waals surface area contributed by atoms with E-state index in [4.69, 9.17) is 9.47 Å². The number of hydrogen-bond acceptors (Lipinski definition) is 3. The number of ether oxygens (including phenoxy) is 2. The maximum atomic E-state index is 14.2. The molecule has 1 aromatic carbocycles. The van der Waals surface area contributed by atoms with Gasteiger partial charge in [-0.2, -0.15) is 0 Å². The van der Waals surface area contributed by atoms with Gasteiger partial charge in [-0.25, -0.2) is 4.39 Å². The largest absolute Gasteiger partial charge is 0.486 e. The normalized spacial score (nSPS) is 21.2. The highest BCUT2D eigenvalue weighted by molar-refractivity contribution is 5.82. The molecule has 1 aliphatic heterocycles. The van der Waals surface area contributed by atoms with Gasteiger partial charge in [0.15, 0.2) is 11.5 Å². The number of halogens is 1. The van der Waals surface area contributed by atoms with Crippen molar-refractivity contribution in [3.63, 3.8) is 0 Å². The zero-order valence-corrected chi connectivity index (χ0v) is 12.7. The topological polar surface area (TPSA) is 55.8 Å². The van der Waals surface area contributed by atoms with E-state index in [1.54, 1.807) is 12.1 Å². The Labute approximate surface area is 129 Å². The summed E-state index contributed by atoms with van der Waals surface area (Å²) in [7, 11) is 0. The Hall–Kier alpha value is -1.78. The summed E-state index contributed by atoms with van der Waals surface area (Å²) in [6.45, 7) is 2.29. The quantitative estimate of drug-likeness (QED) is 0.923. The van der Waals surface area contributed by atoms with Crippen molar-refractivity contribution in [3.8, 4) is 11.5 Å². The van der Waals surface area contributed by atoms with Gasteiger partial charge in [0.05, 0.1) is 5.41 Å². The van der Waals surface area contributed by atoms with Gasteiger partial charge in [-0.1, -0.05) is 19.3 Å². The zero-order chi connectivity index (χ0) is 15.7. The van der Waals surface area contributed by atoms with E-state index in [2.05, 4.69) is 0 Å². The van der Waals surface area contributed by atoms with Crippen LogP contribution in [0.25, 0.3) is 0 Å². The second-order valence-electron chi connectivity index (χ2n) is 6.15. The van der Waals surface area contributed by atoms with E-state index in [1.165, 1.54) is 6.92 Å². The van der Waals surface area contributed by atoms with Crippen LogP contribution >= 0.6 is 0 Å². The van der Waals surface area contributed by atoms with Crippen LogP contribution in [0.4, 0.5) is 4.39 Å². The Morgan fingerprint density at radius 3 is 2.32 bits per heavy atom. The van der Waals surface area contributed by atoms with Gasteiger partial charge in [0, 0.05) is 0 Å². The summed E-state index contributed by atoms with van der Waals surface area (Å²) in [5.41, 5.74) is -0.0449. The molecule has 120 valence electrons. The summed E-state index contributed by atoms with van der Waals surface area (Å²) in [6, 6.07) is 3.31. The maximum absolute atomic E-state index is 14.2. The van der Waals surface area contributed by atoms with Gasteiger partial charge in [-0.3, -0.25) is 4.79 Å². The first-order valence-electron chi connectivity index (χ1n) is 7.86. The molecule has 1 atom stereocenters. The van der Waals surface area contributed by atoms with Gasteiger partial charge in [-0.05, 0) is 43.0 Å². The molecule has 1 aromatic rings. The Kier molecular flexibility index (Phi) is 3.98. The number of hydrogen-bond donors (Lipinski definition) is 1.